The minimum Gasteiger partial charge on any atom is -0.344 e. The van der Waals surface area contributed by atoms with E-state index in [1.807, 2.05) is 38.5 Å². The largest absolute Gasteiger partial charge is 0.344 e. The number of H-pyrrole nitrogens is 1. The molecule has 0 saturated carbocycles. The number of nitrogens with one attached hydrogen (secondary N) is 1. The number of aromatic nitrogens is 3. The van der Waals surface area contributed by atoms with Crippen LogP contribution in [0.1, 0.15) is 36.4 Å². The molecule has 0 atom stereocenters. The van der Waals surface area contributed by atoms with Gasteiger partial charge < -0.3 is 4.57 Å². The van der Waals surface area contributed by atoms with Gasteiger partial charge in [-0.25, -0.2) is 0 Å². The molecule has 0 aliphatic carbocycles. The molecule has 0 unspecified atom stereocenters. The van der Waals surface area contributed by atoms with Gasteiger partial charge in [-0.05, 0) is 25.5 Å². The average molecular weight is 265 g/mol. The maximum absolute atomic E-state index is 8.92. The van der Waals surface area contributed by atoms with Crippen molar-refractivity contribution in [3.8, 4) is 6.07 Å². The fourth-order valence-electron chi connectivity index (χ4n) is 1.63. The minimum atomic E-state index is 0.456. The molecule has 0 spiro atoms. The molecule has 2 heterocycles. The van der Waals surface area contributed by atoms with Gasteiger partial charge in [0.05, 0.1) is 17.8 Å². The van der Waals surface area contributed by atoms with Crippen LogP contribution in [0, 0.1) is 25.2 Å². The third-order valence-corrected chi connectivity index (χ3v) is 2.92. The molecule has 2 rings (SSSR count). The highest BCUT2D eigenvalue weighted by atomic mass is 35.5. The van der Waals surface area contributed by atoms with E-state index in [1.165, 1.54) is 0 Å². The van der Waals surface area contributed by atoms with Gasteiger partial charge in [0.2, 0.25) is 0 Å². The Morgan fingerprint density at radius 2 is 2.11 bits per heavy atom. The first kappa shape index (κ1) is 14.3. The topological polar surface area (TPSA) is 57.4 Å². The first-order valence-corrected chi connectivity index (χ1v) is 6.26. The molecule has 1 N–H and O–H groups in total. The van der Waals surface area contributed by atoms with Crippen molar-refractivity contribution in [1.29, 1.82) is 5.26 Å². The minimum absolute atomic E-state index is 0.456. The van der Waals surface area contributed by atoms with Crippen LogP contribution in [0.5, 0.6) is 0 Å². The van der Waals surface area contributed by atoms with Gasteiger partial charge in [-0.15, -0.1) is 0 Å². The molecule has 0 aliphatic heterocycles. The summed E-state index contributed by atoms with van der Waals surface area (Å²) < 4.78 is 2.01. The zero-order chi connectivity index (χ0) is 13.7. The predicted molar refractivity (Wildman–Crippen MR) is 72.7 cm³/mol. The molecular weight excluding hydrogens is 248 g/mol. The predicted octanol–water partition coefficient (Wildman–Crippen LogP) is 3.43. The van der Waals surface area contributed by atoms with Crippen LogP contribution in [0.3, 0.4) is 0 Å². The van der Waals surface area contributed by atoms with Crippen molar-refractivity contribution in [1.82, 2.24) is 14.8 Å². The van der Waals surface area contributed by atoms with Crippen LogP contribution in [0.4, 0.5) is 0 Å². The lowest BCUT2D eigenvalue weighted by Gasteiger charge is -2.03. The van der Waals surface area contributed by atoms with Gasteiger partial charge in [0.15, 0.2) is 5.15 Å². The lowest BCUT2D eigenvalue weighted by molar-refractivity contribution is 0.747. The molecule has 0 saturated heterocycles. The van der Waals surface area contributed by atoms with E-state index in [2.05, 4.69) is 16.3 Å². The van der Waals surface area contributed by atoms with Crippen LogP contribution in [-0.4, -0.2) is 14.8 Å². The Bertz CT molecular complexity index is 560. The van der Waals surface area contributed by atoms with E-state index >= 15 is 0 Å². The molecule has 0 amide bonds. The summed E-state index contributed by atoms with van der Waals surface area (Å²) in [6.45, 7) is 8.59. The van der Waals surface area contributed by atoms with Crippen LogP contribution in [0.2, 0.25) is 5.15 Å². The highest BCUT2D eigenvalue weighted by Gasteiger charge is 2.09. The van der Waals surface area contributed by atoms with E-state index in [0.29, 0.717) is 17.3 Å². The second-order valence-electron chi connectivity index (χ2n) is 3.71. The lowest BCUT2D eigenvalue weighted by atomic mass is 10.2. The van der Waals surface area contributed by atoms with Gasteiger partial charge in [-0.2, -0.15) is 10.4 Å². The van der Waals surface area contributed by atoms with Gasteiger partial charge in [0.25, 0.3) is 0 Å². The molecule has 4 nitrogen and oxygen atoms in total. The highest BCUT2D eigenvalue weighted by Crippen LogP contribution is 2.16. The summed E-state index contributed by atoms with van der Waals surface area (Å²) in [5, 5.41) is 16.1. The summed E-state index contributed by atoms with van der Waals surface area (Å²) in [7, 11) is 0. The molecule has 0 bridgehead atoms. The molecule has 18 heavy (non-hydrogen) atoms. The van der Waals surface area contributed by atoms with Gasteiger partial charge in [0, 0.05) is 11.9 Å². The van der Waals surface area contributed by atoms with Crippen molar-refractivity contribution < 1.29 is 0 Å². The van der Waals surface area contributed by atoms with Gasteiger partial charge in [0.1, 0.15) is 6.07 Å². The van der Waals surface area contributed by atoms with Gasteiger partial charge >= 0.3 is 0 Å². The molecule has 2 aromatic heterocycles. The van der Waals surface area contributed by atoms with Crippen LogP contribution in [-0.2, 0) is 6.54 Å². The summed E-state index contributed by atoms with van der Waals surface area (Å²) >= 11 is 5.73. The number of hydrogen-bond donors (Lipinski definition) is 1. The van der Waals surface area contributed by atoms with Crippen LogP contribution in [0.15, 0.2) is 12.3 Å². The van der Waals surface area contributed by atoms with Crippen molar-refractivity contribution in [2.75, 3.05) is 0 Å². The van der Waals surface area contributed by atoms with Crippen molar-refractivity contribution in [2.45, 2.75) is 34.2 Å². The lowest BCUT2D eigenvalue weighted by Crippen LogP contribution is -2.00. The fraction of sp³-hybridized carbons (Fsp3) is 0.385. The normalized spacial score (nSPS) is 9.56. The van der Waals surface area contributed by atoms with Crippen molar-refractivity contribution in [2.24, 2.45) is 0 Å². The molecule has 96 valence electrons. The zero-order valence-electron chi connectivity index (χ0n) is 11.1. The molecule has 0 fully saturated rings. The first-order valence-electron chi connectivity index (χ1n) is 5.88. The second-order valence-corrected chi connectivity index (χ2v) is 4.10. The molecular formula is C13H17ClN4. The van der Waals surface area contributed by atoms with Crippen molar-refractivity contribution in [3.63, 3.8) is 0 Å². The third kappa shape index (κ3) is 2.93. The van der Waals surface area contributed by atoms with Crippen LogP contribution in [0.25, 0.3) is 0 Å². The quantitative estimate of drug-likeness (QED) is 0.903. The van der Waals surface area contributed by atoms with Crippen molar-refractivity contribution >= 4 is 11.6 Å². The van der Waals surface area contributed by atoms with Gasteiger partial charge in [-0.1, -0.05) is 25.4 Å². The molecule has 2 aromatic rings. The van der Waals surface area contributed by atoms with E-state index < -0.39 is 0 Å². The Hall–Kier alpha value is -1.73. The summed E-state index contributed by atoms with van der Waals surface area (Å²) in [5.41, 5.74) is 3.74. The Kier molecular flexibility index (Phi) is 4.99. The molecule has 0 radical (unpaired) electrons. The first-order chi connectivity index (χ1) is 8.61. The summed E-state index contributed by atoms with van der Waals surface area (Å²) in [5.74, 6) is 0. The molecule has 0 aromatic carbocycles. The van der Waals surface area contributed by atoms with Crippen molar-refractivity contribution in [3.05, 3.63) is 39.9 Å². The number of aromatic amines is 1. The summed E-state index contributed by atoms with van der Waals surface area (Å²) in [6, 6.07) is 3.95. The van der Waals surface area contributed by atoms with Gasteiger partial charge in [-0.3, -0.25) is 5.10 Å². The Balaban J connectivity index is 0.000000771. The zero-order valence-corrected chi connectivity index (χ0v) is 11.8. The Labute approximate surface area is 112 Å². The molecule has 0 aliphatic rings. The standard InChI is InChI=1S/C11H11ClN4.C2H6/c1-7-8(2)16(5-9(7)4-13)6-10-3-11(12)15-14-10;1-2/h3,5H,6H2,1-2H3,(H,14,15);1-2H3. The van der Waals surface area contributed by atoms with Crippen LogP contribution >= 0.6 is 11.6 Å². The maximum Gasteiger partial charge on any atom is 0.151 e. The Morgan fingerprint density at radius 1 is 1.44 bits per heavy atom. The van der Waals surface area contributed by atoms with Crippen LogP contribution < -0.4 is 0 Å². The van der Waals surface area contributed by atoms with E-state index in [4.69, 9.17) is 16.9 Å². The smallest absolute Gasteiger partial charge is 0.151 e. The fourth-order valence-corrected chi connectivity index (χ4v) is 1.81. The number of rotatable bonds is 2. The Morgan fingerprint density at radius 3 is 2.56 bits per heavy atom. The van der Waals surface area contributed by atoms with E-state index in [0.717, 1.165) is 17.0 Å². The monoisotopic (exact) mass is 264 g/mol. The van der Waals surface area contributed by atoms with E-state index in [-0.39, 0.29) is 0 Å². The summed E-state index contributed by atoms with van der Waals surface area (Å²) in [6.07, 6.45) is 1.85. The summed E-state index contributed by atoms with van der Waals surface area (Å²) in [4.78, 5) is 0. The third-order valence-electron chi connectivity index (χ3n) is 2.72. The average Bonchev–Trinajstić information content (AvgIpc) is 2.91. The number of halogens is 1. The molecule has 5 heteroatoms. The number of hydrogen-bond acceptors (Lipinski definition) is 2. The number of nitrogens with zero attached hydrogens (tertiary/aromatic N) is 3. The second kappa shape index (κ2) is 6.27. The van der Waals surface area contributed by atoms with E-state index in [1.54, 1.807) is 6.07 Å². The maximum atomic E-state index is 8.92. The number of nitriles is 1. The SMILES string of the molecule is CC.Cc1c(C#N)cn(Cc2cc(Cl)n[nH]2)c1C. The van der Waals surface area contributed by atoms with E-state index in [9.17, 15) is 0 Å². The highest BCUT2D eigenvalue weighted by molar-refractivity contribution is 6.29.